The Balaban J connectivity index is 2.27. The molecular formula is C8H12O2. The first-order valence-electron chi connectivity index (χ1n) is 3.59. The molecule has 0 amide bonds. The molecular weight excluding hydrogens is 128 g/mol. The molecule has 0 saturated heterocycles. The van der Waals surface area contributed by atoms with E-state index in [-0.39, 0.29) is 6.42 Å². The second-order valence-corrected chi connectivity index (χ2v) is 2.86. The van der Waals surface area contributed by atoms with Crippen molar-refractivity contribution in [1.82, 2.24) is 0 Å². The second kappa shape index (κ2) is 2.86. The average molecular weight is 140 g/mol. The number of carbonyl (C=O) groups is 1. The lowest BCUT2D eigenvalue weighted by molar-refractivity contribution is -0.136. The Labute approximate surface area is 60.6 Å². The van der Waals surface area contributed by atoms with Crippen LogP contribution in [0.4, 0.5) is 0 Å². The number of hydrogen-bond acceptors (Lipinski definition) is 1. The van der Waals surface area contributed by atoms with Crippen molar-refractivity contribution in [2.75, 3.05) is 0 Å². The molecule has 0 bridgehead atoms. The first-order valence-corrected chi connectivity index (χ1v) is 3.59. The van der Waals surface area contributed by atoms with Gasteiger partial charge in [0.2, 0.25) is 0 Å². The van der Waals surface area contributed by atoms with E-state index < -0.39 is 5.97 Å². The first kappa shape index (κ1) is 7.32. The molecule has 10 heavy (non-hydrogen) atoms. The monoisotopic (exact) mass is 140 g/mol. The predicted octanol–water partition coefficient (Wildman–Crippen LogP) is 1.82. The minimum absolute atomic E-state index is 0.157. The van der Waals surface area contributed by atoms with Gasteiger partial charge < -0.3 is 5.11 Å². The topological polar surface area (TPSA) is 37.3 Å². The van der Waals surface area contributed by atoms with E-state index in [1.54, 1.807) is 0 Å². The van der Waals surface area contributed by atoms with E-state index in [0.29, 0.717) is 5.92 Å². The van der Waals surface area contributed by atoms with Crippen LogP contribution < -0.4 is 0 Å². The molecule has 1 aliphatic rings. The van der Waals surface area contributed by atoms with Crippen molar-refractivity contribution < 1.29 is 9.90 Å². The predicted molar refractivity (Wildman–Crippen MR) is 38.7 cm³/mol. The maximum atomic E-state index is 10.2. The van der Waals surface area contributed by atoms with Crippen molar-refractivity contribution in [3.8, 4) is 0 Å². The van der Waals surface area contributed by atoms with E-state index in [4.69, 9.17) is 5.11 Å². The zero-order chi connectivity index (χ0) is 7.56. The molecule has 1 aliphatic carbocycles. The third-order valence-electron chi connectivity index (χ3n) is 2.06. The molecule has 1 saturated carbocycles. The summed E-state index contributed by atoms with van der Waals surface area (Å²) in [6.45, 7) is 3.74. The van der Waals surface area contributed by atoms with E-state index >= 15 is 0 Å². The van der Waals surface area contributed by atoms with Crippen molar-refractivity contribution >= 4 is 5.97 Å². The molecule has 0 unspecified atom stereocenters. The summed E-state index contributed by atoms with van der Waals surface area (Å²) < 4.78 is 0. The standard InChI is InChI=1S/C8H12O2/c1-6(5-8(9)10)7-3-2-4-7/h7H,1-5H2,(H,9,10). The van der Waals surface area contributed by atoms with Crippen LogP contribution >= 0.6 is 0 Å². The number of rotatable bonds is 3. The Hall–Kier alpha value is -0.790. The molecule has 0 aromatic heterocycles. The van der Waals surface area contributed by atoms with Gasteiger partial charge in [0.15, 0.2) is 0 Å². The molecule has 0 aliphatic heterocycles. The molecule has 0 radical (unpaired) electrons. The highest BCUT2D eigenvalue weighted by Gasteiger charge is 2.21. The fourth-order valence-electron chi connectivity index (χ4n) is 1.16. The maximum absolute atomic E-state index is 10.2. The van der Waals surface area contributed by atoms with Crippen molar-refractivity contribution in [2.24, 2.45) is 5.92 Å². The van der Waals surface area contributed by atoms with Crippen LogP contribution in [-0.2, 0) is 4.79 Å². The van der Waals surface area contributed by atoms with Crippen LogP contribution in [-0.4, -0.2) is 11.1 Å². The van der Waals surface area contributed by atoms with Gasteiger partial charge in [-0.15, -0.1) is 0 Å². The fraction of sp³-hybridized carbons (Fsp3) is 0.625. The van der Waals surface area contributed by atoms with Crippen LogP contribution in [0.1, 0.15) is 25.7 Å². The molecule has 1 N–H and O–H groups in total. The number of aliphatic carboxylic acids is 1. The Bertz CT molecular complexity index is 157. The largest absolute Gasteiger partial charge is 0.481 e. The van der Waals surface area contributed by atoms with Crippen LogP contribution in [0.3, 0.4) is 0 Å². The SMILES string of the molecule is C=C(CC(=O)O)C1CCC1. The zero-order valence-electron chi connectivity index (χ0n) is 5.97. The van der Waals surface area contributed by atoms with Crippen molar-refractivity contribution in [3.63, 3.8) is 0 Å². The highest BCUT2D eigenvalue weighted by molar-refractivity contribution is 5.69. The third-order valence-corrected chi connectivity index (χ3v) is 2.06. The van der Waals surface area contributed by atoms with Crippen LogP contribution in [0.25, 0.3) is 0 Å². The van der Waals surface area contributed by atoms with Gasteiger partial charge in [0.25, 0.3) is 0 Å². The van der Waals surface area contributed by atoms with Crippen molar-refractivity contribution in [3.05, 3.63) is 12.2 Å². The minimum Gasteiger partial charge on any atom is -0.481 e. The lowest BCUT2D eigenvalue weighted by Gasteiger charge is -2.26. The summed E-state index contributed by atoms with van der Waals surface area (Å²) in [6.07, 6.45) is 3.69. The van der Waals surface area contributed by atoms with Gasteiger partial charge in [-0.3, -0.25) is 4.79 Å². The van der Waals surface area contributed by atoms with E-state index in [0.717, 1.165) is 18.4 Å². The Morgan fingerprint density at radius 3 is 2.50 bits per heavy atom. The molecule has 0 atom stereocenters. The molecule has 56 valence electrons. The molecule has 0 aromatic carbocycles. The smallest absolute Gasteiger partial charge is 0.307 e. The molecule has 0 heterocycles. The second-order valence-electron chi connectivity index (χ2n) is 2.86. The molecule has 0 aromatic rings. The molecule has 2 heteroatoms. The zero-order valence-corrected chi connectivity index (χ0v) is 5.97. The van der Waals surface area contributed by atoms with Gasteiger partial charge >= 0.3 is 5.97 Å². The summed E-state index contributed by atoms with van der Waals surface area (Å²) >= 11 is 0. The average Bonchev–Trinajstić information content (AvgIpc) is 1.55. The van der Waals surface area contributed by atoms with Crippen LogP contribution in [0.2, 0.25) is 0 Å². The quantitative estimate of drug-likeness (QED) is 0.607. The van der Waals surface area contributed by atoms with Crippen molar-refractivity contribution in [2.45, 2.75) is 25.7 Å². The first-order chi connectivity index (χ1) is 4.70. The normalized spacial score (nSPS) is 18.0. The maximum Gasteiger partial charge on any atom is 0.307 e. The van der Waals surface area contributed by atoms with Gasteiger partial charge in [-0.1, -0.05) is 18.6 Å². The van der Waals surface area contributed by atoms with Crippen LogP contribution in [0.5, 0.6) is 0 Å². The number of hydrogen-bond donors (Lipinski definition) is 1. The Morgan fingerprint density at radius 2 is 2.20 bits per heavy atom. The summed E-state index contributed by atoms with van der Waals surface area (Å²) in [4.78, 5) is 10.2. The van der Waals surface area contributed by atoms with Crippen molar-refractivity contribution in [1.29, 1.82) is 0 Å². The lowest BCUT2D eigenvalue weighted by Crippen LogP contribution is -2.15. The summed E-state index contributed by atoms with van der Waals surface area (Å²) in [5.74, 6) is -0.243. The van der Waals surface area contributed by atoms with E-state index in [1.165, 1.54) is 6.42 Å². The lowest BCUT2D eigenvalue weighted by atomic mass is 9.79. The van der Waals surface area contributed by atoms with E-state index in [9.17, 15) is 4.79 Å². The summed E-state index contributed by atoms with van der Waals surface area (Å²) in [5.41, 5.74) is 0.902. The molecule has 1 rings (SSSR count). The van der Waals surface area contributed by atoms with Gasteiger partial charge in [0, 0.05) is 0 Å². The minimum atomic E-state index is -0.753. The third kappa shape index (κ3) is 1.59. The van der Waals surface area contributed by atoms with Gasteiger partial charge in [0.1, 0.15) is 0 Å². The summed E-state index contributed by atoms with van der Waals surface area (Å²) in [5, 5.41) is 8.39. The Morgan fingerprint density at radius 1 is 1.60 bits per heavy atom. The highest BCUT2D eigenvalue weighted by atomic mass is 16.4. The Kier molecular flexibility index (Phi) is 2.10. The van der Waals surface area contributed by atoms with Gasteiger partial charge in [-0.25, -0.2) is 0 Å². The molecule has 1 fully saturated rings. The number of carboxylic acid groups (broad SMARTS) is 1. The van der Waals surface area contributed by atoms with Gasteiger partial charge in [-0.05, 0) is 18.8 Å². The van der Waals surface area contributed by atoms with E-state index in [1.807, 2.05) is 0 Å². The number of carboxylic acids is 1. The van der Waals surface area contributed by atoms with Crippen LogP contribution in [0, 0.1) is 5.92 Å². The summed E-state index contributed by atoms with van der Waals surface area (Å²) in [7, 11) is 0. The summed E-state index contributed by atoms with van der Waals surface area (Å²) in [6, 6.07) is 0. The molecule has 0 spiro atoms. The van der Waals surface area contributed by atoms with E-state index in [2.05, 4.69) is 6.58 Å². The van der Waals surface area contributed by atoms with Gasteiger partial charge in [0.05, 0.1) is 6.42 Å². The highest BCUT2D eigenvalue weighted by Crippen LogP contribution is 2.33. The van der Waals surface area contributed by atoms with Crippen LogP contribution in [0.15, 0.2) is 12.2 Å². The van der Waals surface area contributed by atoms with Gasteiger partial charge in [-0.2, -0.15) is 0 Å². The fourth-order valence-corrected chi connectivity index (χ4v) is 1.16. The molecule has 2 nitrogen and oxygen atoms in total.